The number of para-hydroxylation sites is 1. The molecule has 12 rings (SSSR count). The molecule has 2 nitrogen and oxygen atoms in total. The summed E-state index contributed by atoms with van der Waals surface area (Å²) in [5.41, 5.74) is 9.31. The minimum absolute atomic E-state index is 1.10. The Hall–Kier alpha value is -7.68. The topological polar surface area (TPSA) is 8.17 Å². The lowest BCUT2D eigenvalue weighted by Gasteiger charge is -2.28. The molecule has 0 aliphatic rings. The van der Waals surface area contributed by atoms with Gasteiger partial charge in [-0.15, -0.1) is 0 Å². The molecule has 2 heteroatoms. The Kier molecular flexibility index (Phi) is 7.26. The molecule has 0 bridgehead atoms. The molecule has 0 unspecified atom stereocenters. The lowest BCUT2D eigenvalue weighted by atomic mass is 9.95. The van der Waals surface area contributed by atoms with Gasteiger partial charge in [-0.2, -0.15) is 0 Å². The number of nitrogens with zero attached hydrogens (tertiary/aromatic N) is 2. The normalized spacial score (nSPS) is 11.8. The summed E-state index contributed by atoms with van der Waals surface area (Å²) < 4.78 is 2.43. The van der Waals surface area contributed by atoms with Gasteiger partial charge in [-0.3, -0.25) is 0 Å². The van der Waals surface area contributed by atoms with Crippen molar-refractivity contribution in [3.63, 3.8) is 0 Å². The first-order chi connectivity index (χ1) is 28.8. The van der Waals surface area contributed by atoms with Crippen molar-refractivity contribution in [2.75, 3.05) is 4.90 Å². The third kappa shape index (κ3) is 4.99. The van der Waals surface area contributed by atoms with Crippen molar-refractivity contribution in [3.05, 3.63) is 218 Å². The van der Waals surface area contributed by atoms with Crippen LogP contribution < -0.4 is 4.90 Å². The number of rotatable bonds is 5. The molecule has 270 valence electrons. The van der Waals surface area contributed by atoms with Crippen LogP contribution in [0.15, 0.2) is 218 Å². The zero-order valence-electron chi connectivity index (χ0n) is 31.7. The minimum Gasteiger partial charge on any atom is -0.310 e. The van der Waals surface area contributed by atoms with Gasteiger partial charge >= 0.3 is 0 Å². The van der Waals surface area contributed by atoms with E-state index in [0.29, 0.717) is 0 Å². The van der Waals surface area contributed by atoms with E-state index in [1.54, 1.807) is 0 Å². The van der Waals surface area contributed by atoms with E-state index in [-0.39, 0.29) is 0 Å². The second-order valence-electron chi connectivity index (χ2n) is 15.3. The molecule has 0 aliphatic heterocycles. The molecule has 12 aromatic rings. The molecule has 11 aromatic carbocycles. The molecule has 58 heavy (non-hydrogen) atoms. The number of hydrogen-bond donors (Lipinski definition) is 0. The molecular weight excluding hydrogens is 701 g/mol. The lowest BCUT2D eigenvalue weighted by molar-refractivity contribution is 1.18. The number of hydrogen-bond acceptors (Lipinski definition) is 1. The molecule has 0 aliphatic carbocycles. The van der Waals surface area contributed by atoms with Crippen LogP contribution in [0.4, 0.5) is 17.1 Å². The maximum atomic E-state index is 2.47. The van der Waals surface area contributed by atoms with E-state index in [2.05, 4.69) is 228 Å². The first-order valence-corrected chi connectivity index (χ1v) is 20.0. The van der Waals surface area contributed by atoms with Gasteiger partial charge in [0.1, 0.15) is 0 Å². The fourth-order valence-electron chi connectivity index (χ4n) is 9.52. The minimum atomic E-state index is 1.10. The Balaban J connectivity index is 1.14. The number of fused-ring (bicyclic) bond motifs is 11. The van der Waals surface area contributed by atoms with Crippen LogP contribution in [0.25, 0.3) is 92.5 Å². The Labute approximate surface area is 336 Å². The van der Waals surface area contributed by atoms with Gasteiger partial charge in [-0.1, -0.05) is 164 Å². The van der Waals surface area contributed by atoms with Gasteiger partial charge in [0.15, 0.2) is 0 Å². The molecule has 0 N–H and O–H groups in total. The average Bonchev–Trinajstić information content (AvgIpc) is 3.65. The molecule has 0 saturated carbocycles. The summed E-state index contributed by atoms with van der Waals surface area (Å²) in [7, 11) is 0. The highest BCUT2D eigenvalue weighted by molar-refractivity contribution is 6.25. The van der Waals surface area contributed by atoms with Crippen LogP contribution in [0.1, 0.15) is 0 Å². The van der Waals surface area contributed by atoms with Crippen molar-refractivity contribution in [1.29, 1.82) is 0 Å². The van der Waals surface area contributed by atoms with Gasteiger partial charge in [0.2, 0.25) is 0 Å². The maximum Gasteiger partial charge on any atom is 0.0547 e. The quantitative estimate of drug-likeness (QED) is 0.160. The second kappa shape index (κ2) is 12.9. The summed E-state index contributed by atoms with van der Waals surface area (Å²) >= 11 is 0. The smallest absolute Gasteiger partial charge is 0.0547 e. The van der Waals surface area contributed by atoms with Crippen molar-refractivity contribution < 1.29 is 0 Å². The summed E-state index contributed by atoms with van der Waals surface area (Å²) in [6.07, 6.45) is 0. The maximum absolute atomic E-state index is 2.47. The van der Waals surface area contributed by atoms with E-state index in [9.17, 15) is 0 Å². The van der Waals surface area contributed by atoms with E-state index in [1.165, 1.54) is 86.8 Å². The van der Waals surface area contributed by atoms with E-state index in [4.69, 9.17) is 0 Å². The average molecular weight is 737 g/mol. The number of benzene rings is 11. The standard InChI is InChI=1S/C56H36N2/c1-2-18-42(19-3-1)58-52-27-13-26-49(56(52)55-48-23-9-5-15-38(48)30-33-53(55)58)39-17-12-20-43(34-39)57(44-31-32-47-41(35-44)29-28-37-14-4-7-21-45(37)47)54-36-40-16-6-8-22-46(40)50-24-10-11-25-51(50)54/h1-36H. The Bertz CT molecular complexity index is 3580. The van der Waals surface area contributed by atoms with Crippen molar-refractivity contribution >= 4 is 92.7 Å². The van der Waals surface area contributed by atoms with Crippen LogP contribution in [0.5, 0.6) is 0 Å². The molecule has 1 aromatic heterocycles. The van der Waals surface area contributed by atoms with E-state index >= 15 is 0 Å². The molecule has 1 heterocycles. The Morgan fingerprint density at radius 3 is 1.71 bits per heavy atom. The predicted molar refractivity (Wildman–Crippen MR) is 248 cm³/mol. The van der Waals surface area contributed by atoms with Crippen molar-refractivity contribution in [2.24, 2.45) is 0 Å². The van der Waals surface area contributed by atoms with Crippen LogP contribution in [0.3, 0.4) is 0 Å². The monoisotopic (exact) mass is 736 g/mol. The summed E-state index contributed by atoms with van der Waals surface area (Å²) in [4.78, 5) is 2.47. The van der Waals surface area contributed by atoms with E-state index < -0.39 is 0 Å². The van der Waals surface area contributed by atoms with E-state index in [0.717, 1.165) is 22.7 Å². The van der Waals surface area contributed by atoms with Crippen LogP contribution >= 0.6 is 0 Å². The summed E-state index contributed by atoms with van der Waals surface area (Å²) in [5, 5.41) is 15.0. The van der Waals surface area contributed by atoms with Crippen LogP contribution in [-0.4, -0.2) is 4.57 Å². The Morgan fingerprint density at radius 2 is 0.879 bits per heavy atom. The highest BCUT2D eigenvalue weighted by Gasteiger charge is 2.21. The third-order valence-electron chi connectivity index (χ3n) is 12.1. The highest BCUT2D eigenvalue weighted by atomic mass is 15.1. The zero-order valence-corrected chi connectivity index (χ0v) is 31.7. The summed E-state index contributed by atoms with van der Waals surface area (Å²) in [5.74, 6) is 0. The van der Waals surface area contributed by atoms with Crippen molar-refractivity contribution in [2.45, 2.75) is 0 Å². The third-order valence-corrected chi connectivity index (χ3v) is 12.1. The zero-order chi connectivity index (χ0) is 38.2. The fourth-order valence-corrected chi connectivity index (χ4v) is 9.52. The van der Waals surface area contributed by atoms with Crippen LogP contribution in [0.2, 0.25) is 0 Å². The largest absolute Gasteiger partial charge is 0.310 e. The second-order valence-corrected chi connectivity index (χ2v) is 15.3. The van der Waals surface area contributed by atoms with Crippen molar-refractivity contribution in [1.82, 2.24) is 4.57 Å². The van der Waals surface area contributed by atoms with Crippen LogP contribution in [-0.2, 0) is 0 Å². The van der Waals surface area contributed by atoms with E-state index in [1.807, 2.05) is 0 Å². The molecule has 0 saturated heterocycles. The fraction of sp³-hybridized carbons (Fsp3) is 0. The number of anilines is 3. The number of aromatic nitrogens is 1. The first-order valence-electron chi connectivity index (χ1n) is 20.0. The molecule has 0 atom stereocenters. The van der Waals surface area contributed by atoms with Gasteiger partial charge < -0.3 is 9.47 Å². The predicted octanol–water partition coefficient (Wildman–Crippen LogP) is 15.7. The summed E-state index contributed by atoms with van der Waals surface area (Å²) in [6, 6.07) is 80.2. The van der Waals surface area contributed by atoms with Crippen LogP contribution in [0, 0.1) is 0 Å². The van der Waals surface area contributed by atoms with Gasteiger partial charge in [0, 0.05) is 33.2 Å². The van der Waals surface area contributed by atoms with Gasteiger partial charge in [-0.05, 0) is 114 Å². The molecular formula is C56H36N2. The molecule has 0 fully saturated rings. The molecule has 0 amide bonds. The lowest BCUT2D eigenvalue weighted by Crippen LogP contribution is -2.11. The van der Waals surface area contributed by atoms with Gasteiger partial charge in [0.05, 0.1) is 16.7 Å². The highest BCUT2D eigenvalue weighted by Crippen LogP contribution is 2.46. The molecule has 0 radical (unpaired) electrons. The Morgan fingerprint density at radius 1 is 0.310 bits per heavy atom. The van der Waals surface area contributed by atoms with Gasteiger partial charge in [-0.25, -0.2) is 0 Å². The summed E-state index contributed by atoms with van der Waals surface area (Å²) in [6.45, 7) is 0. The SMILES string of the molecule is c1ccc(-n2c3cccc(-c4cccc(N(c5ccc6c(ccc7ccccc76)c5)c5cc6ccccc6c6ccccc56)c4)c3c3c4ccccc4ccc32)cc1. The van der Waals surface area contributed by atoms with Gasteiger partial charge in [0.25, 0.3) is 0 Å². The first kappa shape index (κ1) is 32.6. The molecule has 0 spiro atoms. The van der Waals surface area contributed by atoms with Crippen molar-refractivity contribution in [3.8, 4) is 16.8 Å².